The number of nitrogens with zero attached hydrogens (tertiary/aromatic N) is 2. The molecular formula is C18H27N2O4+. The van der Waals surface area contributed by atoms with Gasteiger partial charge in [-0.3, -0.25) is 14.5 Å². The minimum Gasteiger partial charge on any atom is -0.459 e. The van der Waals surface area contributed by atoms with Crippen molar-refractivity contribution in [2.75, 3.05) is 33.7 Å². The quantitative estimate of drug-likeness (QED) is 0.312. The van der Waals surface area contributed by atoms with Crippen molar-refractivity contribution in [3.8, 4) is 0 Å². The van der Waals surface area contributed by atoms with E-state index in [1.807, 2.05) is 27.9 Å². The molecule has 2 fully saturated rings. The average Bonchev–Trinajstić information content (AvgIpc) is 3.10. The number of carbonyl (C=O) groups excluding carboxylic acids is 3. The van der Waals surface area contributed by atoms with Gasteiger partial charge in [0.1, 0.15) is 0 Å². The predicted octanol–water partition coefficient (Wildman–Crippen LogP) is 0.821. The van der Waals surface area contributed by atoms with Crippen LogP contribution < -0.4 is 0 Å². The number of rotatable bonds is 6. The lowest BCUT2D eigenvalue weighted by atomic mass is 9.85. The monoisotopic (exact) mass is 335 g/mol. The van der Waals surface area contributed by atoms with Crippen LogP contribution in [0.3, 0.4) is 0 Å². The van der Waals surface area contributed by atoms with Crippen LogP contribution in [0.15, 0.2) is 12.2 Å². The van der Waals surface area contributed by atoms with Crippen LogP contribution in [-0.4, -0.2) is 67.0 Å². The highest BCUT2D eigenvalue weighted by Crippen LogP contribution is 2.52. The molecule has 1 aliphatic heterocycles. The van der Waals surface area contributed by atoms with E-state index in [1.54, 1.807) is 0 Å². The standard InChI is InChI=1S/C18H27N2O4/c1-11(2)24-14(21)10-20(3,4)8-7-19-17(22)15-12-5-6-13(9-12)16(15)18(19)23/h5-6,11-13,15-16H,7-10H2,1-4H3/q+1/t12-,13-,15+,16+/m0/s1. The molecule has 0 radical (unpaired) electrons. The van der Waals surface area contributed by atoms with Gasteiger partial charge in [0.2, 0.25) is 11.8 Å². The van der Waals surface area contributed by atoms with Gasteiger partial charge in [-0.15, -0.1) is 0 Å². The summed E-state index contributed by atoms with van der Waals surface area (Å²) < 4.78 is 5.58. The normalized spacial score (nSPS) is 31.3. The van der Waals surface area contributed by atoms with Crippen molar-refractivity contribution in [2.24, 2.45) is 23.7 Å². The van der Waals surface area contributed by atoms with E-state index in [0.717, 1.165) is 6.42 Å². The number of quaternary nitrogens is 1. The Kier molecular flexibility index (Phi) is 4.28. The molecule has 0 unspecified atom stereocenters. The molecule has 1 saturated carbocycles. The number of imide groups is 1. The van der Waals surface area contributed by atoms with Crippen LogP contribution in [0.25, 0.3) is 0 Å². The van der Waals surface area contributed by atoms with E-state index >= 15 is 0 Å². The second-order valence-corrected chi connectivity index (χ2v) is 8.18. The van der Waals surface area contributed by atoms with Gasteiger partial charge in [0.25, 0.3) is 0 Å². The van der Waals surface area contributed by atoms with Crippen LogP contribution in [0.5, 0.6) is 0 Å². The van der Waals surface area contributed by atoms with Gasteiger partial charge in [-0.2, -0.15) is 0 Å². The molecule has 4 atom stereocenters. The number of ether oxygens (including phenoxy) is 1. The first-order valence-corrected chi connectivity index (χ1v) is 8.74. The minimum atomic E-state index is -0.256. The lowest BCUT2D eigenvalue weighted by Gasteiger charge is -2.30. The Balaban J connectivity index is 1.58. The van der Waals surface area contributed by atoms with Crippen LogP contribution in [0.1, 0.15) is 20.3 Å². The maximum atomic E-state index is 12.6. The summed E-state index contributed by atoms with van der Waals surface area (Å²) in [7, 11) is 3.83. The molecule has 132 valence electrons. The fourth-order valence-electron chi connectivity index (χ4n) is 4.28. The molecule has 0 N–H and O–H groups in total. The van der Waals surface area contributed by atoms with Crippen LogP contribution in [0.2, 0.25) is 0 Å². The molecule has 0 aromatic heterocycles. The van der Waals surface area contributed by atoms with Gasteiger partial charge in [0, 0.05) is 0 Å². The summed E-state index contributed by atoms with van der Waals surface area (Å²) >= 11 is 0. The van der Waals surface area contributed by atoms with Gasteiger partial charge in [0.15, 0.2) is 6.54 Å². The number of hydrogen-bond acceptors (Lipinski definition) is 4. The first kappa shape index (κ1) is 17.1. The van der Waals surface area contributed by atoms with E-state index in [4.69, 9.17) is 4.74 Å². The molecule has 2 aliphatic carbocycles. The topological polar surface area (TPSA) is 63.7 Å². The number of likely N-dealkylation sites (tertiary alicyclic amines) is 1. The highest BCUT2D eigenvalue weighted by molar-refractivity contribution is 6.06. The van der Waals surface area contributed by atoms with Crippen molar-refractivity contribution in [2.45, 2.75) is 26.4 Å². The van der Waals surface area contributed by atoms with Crippen LogP contribution >= 0.6 is 0 Å². The predicted molar refractivity (Wildman–Crippen MR) is 87.5 cm³/mol. The molecule has 3 rings (SSSR count). The van der Waals surface area contributed by atoms with Gasteiger partial charge in [-0.25, -0.2) is 4.79 Å². The van der Waals surface area contributed by atoms with Gasteiger partial charge >= 0.3 is 5.97 Å². The zero-order valence-electron chi connectivity index (χ0n) is 14.9. The largest absolute Gasteiger partial charge is 0.459 e. The molecule has 0 spiro atoms. The second-order valence-electron chi connectivity index (χ2n) is 8.18. The molecule has 0 aromatic carbocycles. The summed E-state index contributed by atoms with van der Waals surface area (Å²) in [5.41, 5.74) is 0. The van der Waals surface area contributed by atoms with Crippen molar-refractivity contribution in [3.05, 3.63) is 12.2 Å². The third-order valence-corrected chi connectivity index (χ3v) is 5.41. The van der Waals surface area contributed by atoms with Gasteiger partial charge < -0.3 is 9.22 Å². The summed E-state index contributed by atoms with van der Waals surface area (Å²) in [6.45, 7) is 4.79. The summed E-state index contributed by atoms with van der Waals surface area (Å²) in [6.07, 6.45) is 5.01. The molecule has 6 nitrogen and oxygen atoms in total. The van der Waals surface area contributed by atoms with E-state index in [0.29, 0.717) is 17.6 Å². The fourth-order valence-corrected chi connectivity index (χ4v) is 4.28. The number of amides is 2. The van der Waals surface area contributed by atoms with Crippen molar-refractivity contribution >= 4 is 17.8 Å². The molecule has 1 saturated heterocycles. The molecule has 0 aromatic rings. The molecule has 2 bridgehead atoms. The summed E-state index contributed by atoms with van der Waals surface area (Å²) in [5, 5.41) is 0. The third kappa shape index (κ3) is 2.99. The highest BCUT2D eigenvalue weighted by atomic mass is 16.5. The average molecular weight is 335 g/mol. The number of allylic oxidation sites excluding steroid dienone is 2. The Labute approximate surface area is 143 Å². The number of carbonyl (C=O) groups is 3. The van der Waals surface area contributed by atoms with Crippen molar-refractivity contribution in [1.29, 1.82) is 0 Å². The first-order chi connectivity index (χ1) is 11.2. The van der Waals surface area contributed by atoms with Crippen molar-refractivity contribution in [1.82, 2.24) is 4.90 Å². The third-order valence-electron chi connectivity index (χ3n) is 5.41. The zero-order chi connectivity index (χ0) is 17.6. The Morgan fingerprint density at radius 3 is 2.25 bits per heavy atom. The van der Waals surface area contributed by atoms with Crippen LogP contribution in [0.4, 0.5) is 0 Å². The SMILES string of the molecule is CC(C)OC(=O)C[N+](C)(C)CCN1C(=O)[C@H]2[C@H](C1=O)[C@H]1C=C[C@H]2C1. The van der Waals surface area contributed by atoms with Gasteiger partial charge in [-0.05, 0) is 32.1 Å². The fraction of sp³-hybridized carbons (Fsp3) is 0.722. The molecule has 2 amide bonds. The molecule has 1 heterocycles. The van der Waals surface area contributed by atoms with E-state index in [1.165, 1.54) is 4.90 Å². The van der Waals surface area contributed by atoms with Gasteiger partial charge in [-0.1, -0.05) is 12.2 Å². The van der Waals surface area contributed by atoms with E-state index < -0.39 is 0 Å². The highest BCUT2D eigenvalue weighted by Gasteiger charge is 2.59. The Hall–Kier alpha value is -1.69. The smallest absolute Gasteiger partial charge is 0.362 e. The number of likely N-dealkylation sites (N-methyl/N-ethyl adjacent to an activating group) is 1. The van der Waals surface area contributed by atoms with Crippen LogP contribution in [0, 0.1) is 23.7 Å². The Bertz CT molecular complexity index is 566. The molecule has 24 heavy (non-hydrogen) atoms. The minimum absolute atomic E-state index is 0.0217. The summed E-state index contributed by atoms with van der Waals surface area (Å²) in [6, 6.07) is 0. The Morgan fingerprint density at radius 1 is 1.21 bits per heavy atom. The molecular weight excluding hydrogens is 308 g/mol. The van der Waals surface area contributed by atoms with Crippen LogP contribution in [-0.2, 0) is 19.1 Å². The second kappa shape index (κ2) is 5.99. The number of fused-ring (bicyclic) bond motifs is 5. The Morgan fingerprint density at radius 2 is 1.75 bits per heavy atom. The van der Waals surface area contributed by atoms with E-state index in [-0.39, 0.29) is 54.1 Å². The first-order valence-electron chi connectivity index (χ1n) is 8.74. The van der Waals surface area contributed by atoms with E-state index in [9.17, 15) is 14.4 Å². The van der Waals surface area contributed by atoms with Crippen molar-refractivity contribution < 1.29 is 23.6 Å². The van der Waals surface area contributed by atoms with E-state index in [2.05, 4.69) is 12.2 Å². The molecule has 3 aliphatic rings. The molecule has 6 heteroatoms. The van der Waals surface area contributed by atoms with Crippen molar-refractivity contribution in [3.63, 3.8) is 0 Å². The lowest BCUT2D eigenvalue weighted by molar-refractivity contribution is -0.882. The number of esters is 1. The summed E-state index contributed by atoms with van der Waals surface area (Å²) in [4.78, 5) is 38.6. The maximum Gasteiger partial charge on any atom is 0.362 e. The lowest BCUT2D eigenvalue weighted by Crippen LogP contribution is -2.50. The van der Waals surface area contributed by atoms with Gasteiger partial charge in [0.05, 0.1) is 45.1 Å². The maximum absolute atomic E-state index is 12.6. The summed E-state index contributed by atoms with van der Waals surface area (Å²) in [5.74, 6) is -0.107. The number of hydrogen-bond donors (Lipinski definition) is 0. The zero-order valence-corrected chi connectivity index (χ0v) is 14.9.